The lowest BCUT2D eigenvalue weighted by Gasteiger charge is -2.45. The highest BCUT2D eigenvalue weighted by atomic mass is 16.3. The van der Waals surface area contributed by atoms with E-state index in [1.807, 2.05) is 12.1 Å². The highest BCUT2D eigenvalue weighted by Gasteiger charge is 2.45. The Morgan fingerprint density at radius 3 is 1.18 bits per heavy atom. The van der Waals surface area contributed by atoms with Crippen LogP contribution in [-0.2, 0) is 0 Å². The molecule has 0 saturated carbocycles. The molecule has 13 rings (SSSR count). The molecule has 0 bridgehead atoms. The maximum Gasteiger partial charge on any atom is 0.252 e. The Balaban J connectivity index is 1.20. The molecule has 5 nitrogen and oxygen atoms in total. The minimum Gasteiger partial charge on any atom is -0.456 e. The quantitative estimate of drug-likeness (QED) is 0.163. The summed E-state index contributed by atoms with van der Waals surface area (Å²) < 4.78 is 13.3. The number of anilines is 9. The summed E-state index contributed by atoms with van der Waals surface area (Å²) in [6, 6.07) is 73.8. The third-order valence-electron chi connectivity index (χ3n) is 12.4. The standard InChI is InChI=1S/C54H34BN3O2/c1-5-17-35(18-6-1)56(36-19-7-2-8-20-36)39-29-48-54-49(30-39)58(38-23-11-4-12-24-38)47-34-53-43(41-26-14-16-28-51(41)60-53)32-45(47)55(54)44-31-42-40-25-13-15-27-50(40)59-52(42)33-46(44)57(48)37-21-9-3-10-22-37/h1-34H. The van der Waals surface area contributed by atoms with Gasteiger partial charge >= 0.3 is 0 Å². The molecular weight excluding hydrogens is 733 g/mol. The van der Waals surface area contributed by atoms with E-state index in [0.717, 1.165) is 95.1 Å². The maximum atomic E-state index is 6.66. The van der Waals surface area contributed by atoms with Gasteiger partial charge in [0.2, 0.25) is 0 Å². The van der Waals surface area contributed by atoms with E-state index < -0.39 is 0 Å². The molecule has 0 saturated heterocycles. The van der Waals surface area contributed by atoms with Gasteiger partial charge in [0.25, 0.3) is 6.71 Å². The molecular formula is C54H34BN3O2. The second-order valence-corrected chi connectivity index (χ2v) is 15.7. The van der Waals surface area contributed by atoms with E-state index in [4.69, 9.17) is 8.83 Å². The summed E-state index contributed by atoms with van der Waals surface area (Å²) in [5, 5.41) is 4.45. The average molecular weight is 768 g/mol. The van der Waals surface area contributed by atoms with Crippen molar-refractivity contribution in [3.63, 3.8) is 0 Å². The third-order valence-corrected chi connectivity index (χ3v) is 12.4. The van der Waals surface area contributed by atoms with Crippen molar-refractivity contribution < 1.29 is 8.83 Å². The molecule has 2 aliphatic rings. The zero-order valence-electron chi connectivity index (χ0n) is 32.4. The van der Waals surface area contributed by atoms with Gasteiger partial charge in [0.15, 0.2) is 0 Å². The van der Waals surface area contributed by atoms with Crippen LogP contribution in [0.3, 0.4) is 0 Å². The fourth-order valence-electron chi connectivity index (χ4n) is 9.86. The molecule has 0 amide bonds. The van der Waals surface area contributed by atoms with Gasteiger partial charge in [-0.25, -0.2) is 0 Å². The number of fused-ring (bicyclic) bond motifs is 10. The third kappa shape index (κ3) is 4.82. The highest BCUT2D eigenvalue weighted by molar-refractivity contribution is 7.00. The monoisotopic (exact) mass is 767 g/mol. The Kier molecular flexibility index (Phi) is 7.04. The molecule has 0 aliphatic carbocycles. The highest BCUT2D eigenvalue weighted by Crippen LogP contribution is 2.49. The largest absolute Gasteiger partial charge is 0.456 e. The maximum absolute atomic E-state index is 6.66. The number of rotatable bonds is 5. The summed E-state index contributed by atoms with van der Waals surface area (Å²) >= 11 is 0. The van der Waals surface area contributed by atoms with E-state index in [-0.39, 0.29) is 6.71 Å². The van der Waals surface area contributed by atoms with Crippen LogP contribution in [0, 0.1) is 0 Å². The molecule has 0 fully saturated rings. The van der Waals surface area contributed by atoms with Crippen molar-refractivity contribution in [1.82, 2.24) is 0 Å². The Labute approximate surface area is 346 Å². The first-order valence-electron chi connectivity index (χ1n) is 20.5. The van der Waals surface area contributed by atoms with Crippen LogP contribution in [-0.4, -0.2) is 6.71 Å². The smallest absolute Gasteiger partial charge is 0.252 e. The van der Waals surface area contributed by atoms with Gasteiger partial charge in [-0.1, -0.05) is 121 Å². The van der Waals surface area contributed by atoms with E-state index in [9.17, 15) is 0 Å². The predicted octanol–water partition coefficient (Wildman–Crippen LogP) is 13.0. The first-order chi connectivity index (χ1) is 29.8. The summed E-state index contributed by atoms with van der Waals surface area (Å²) in [6.45, 7) is -0.119. The second-order valence-electron chi connectivity index (χ2n) is 15.7. The Morgan fingerprint density at radius 2 is 0.733 bits per heavy atom. The Bertz CT molecular complexity index is 3230. The van der Waals surface area contributed by atoms with Crippen molar-refractivity contribution in [1.29, 1.82) is 0 Å². The molecule has 280 valence electrons. The summed E-state index contributed by atoms with van der Waals surface area (Å²) in [5.74, 6) is 0. The van der Waals surface area contributed by atoms with Crippen LogP contribution in [0.2, 0.25) is 0 Å². The Hall–Kier alpha value is -7.96. The van der Waals surface area contributed by atoms with Gasteiger partial charge in [-0.3, -0.25) is 0 Å². The van der Waals surface area contributed by atoms with Crippen LogP contribution in [0.15, 0.2) is 215 Å². The Morgan fingerprint density at radius 1 is 0.333 bits per heavy atom. The molecule has 0 N–H and O–H groups in total. The molecule has 60 heavy (non-hydrogen) atoms. The lowest BCUT2D eigenvalue weighted by molar-refractivity contribution is 0.668. The summed E-state index contributed by atoms with van der Waals surface area (Å²) in [4.78, 5) is 7.28. The van der Waals surface area contributed by atoms with E-state index in [1.165, 1.54) is 16.4 Å². The summed E-state index contributed by atoms with van der Waals surface area (Å²) in [7, 11) is 0. The molecule has 6 heteroatoms. The zero-order valence-corrected chi connectivity index (χ0v) is 32.4. The molecule has 2 aliphatic heterocycles. The predicted molar refractivity (Wildman–Crippen MR) is 250 cm³/mol. The summed E-state index contributed by atoms with van der Waals surface area (Å²) in [6.07, 6.45) is 0. The average Bonchev–Trinajstić information content (AvgIpc) is 3.86. The first-order valence-corrected chi connectivity index (χ1v) is 20.5. The number of hydrogen-bond acceptors (Lipinski definition) is 5. The van der Waals surface area contributed by atoms with Crippen LogP contribution in [0.4, 0.5) is 51.2 Å². The van der Waals surface area contributed by atoms with Crippen molar-refractivity contribution in [2.45, 2.75) is 0 Å². The number of nitrogens with zero attached hydrogens (tertiary/aromatic N) is 3. The lowest BCUT2D eigenvalue weighted by atomic mass is 9.33. The van der Waals surface area contributed by atoms with Gasteiger partial charge in [0.05, 0.1) is 5.69 Å². The first kappa shape index (κ1) is 33.1. The van der Waals surface area contributed by atoms with Gasteiger partial charge in [0, 0.05) is 79.2 Å². The minimum atomic E-state index is -0.119. The van der Waals surface area contributed by atoms with Crippen molar-refractivity contribution in [3.8, 4) is 0 Å². The number of hydrogen-bond donors (Lipinski definition) is 0. The number of benzene rings is 9. The topological polar surface area (TPSA) is 36.0 Å². The van der Waals surface area contributed by atoms with Gasteiger partial charge in [0.1, 0.15) is 22.3 Å². The van der Waals surface area contributed by atoms with Crippen molar-refractivity contribution in [2.75, 3.05) is 14.7 Å². The number of para-hydroxylation sites is 6. The van der Waals surface area contributed by atoms with Crippen molar-refractivity contribution >= 4 is 118 Å². The molecule has 0 atom stereocenters. The molecule has 0 unspecified atom stereocenters. The van der Waals surface area contributed by atoms with E-state index in [2.05, 4.69) is 209 Å². The second kappa shape index (κ2) is 12.8. The van der Waals surface area contributed by atoms with Crippen molar-refractivity contribution in [2.24, 2.45) is 0 Å². The van der Waals surface area contributed by atoms with Gasteiger partial charge in [-0.2, -0.15) is 0 Å². The minimum absolute atomic E-state index is 0.119. The molecule has 0 radical (unpaired) electrons. The normalized spacial score (nSPS) is 12.9. The van der Waals surface area contributed by atoms with E-state index in [1.54, 1.807) is 0 Å². The summed E-state index contributed by atoms with van der Waals surface area (Å²) in [5.41, 5.74) is 16.9. The SMILES string of the molecule is c1ccc(N(c2ccccc2)c2cc3c4c(c2)N(c2ccccc2)c2cc5oc6ccccc6c5cc2B4c2cc4c(cc2N3c2ccccc2)oc2ccccc24)cc1. The van der Waals surface area contributed by atoms with Crippen LogP contribution < -0.4 is 31.1 Å². The molecule has 0 spiro atoms. The van der Waals surface area contributed by atoms with Crippen LogP contribution >= 0.6 is 0 Å². The van der Waals surface area contributed by atoms with E-state index >= 15 is 0 Å². The zero-order chi connectivity index (χ0) is 39.3. The van der Waals surface area contributed by atoms with Gasteiger partial charge in [-0.05, 0) is 89.2 Å². The van der Waals surface area contributed by atoms with Crippen LogP contribution in [0.25, 0.3) is 43.9 Å². The molecule has 4 heterocycles. The van der Waals surface area contributed by atoms with Crippen LogP contribution in [0.5, 0.6) is 0 Å². The van der Waals surface area contributed by atoms with Crippen LogP contribution in [0.1, 0.15) is 0 Å². The van der Waals surface area contributed by atoms with Crippen molar-refractivity contribution in [3.05, 3.63) is 206 Å². The molecule has 2 aromatic heterocycles. The lowest BCUT2D eigenvalue weighted by Crippen LogP contribution is -2.61. The molecule has 11 aromatic rings. The fourth-order valence-corrected chi connectivity index (χ4v) is 9.86. The number of furan rings is 2. The van der Waals surface area contributed by atoms with Gasteiger partial charge in [-0.15, -0.1) is 0 Å². The van der Waals surface area contributed by atoms with E-state index in [0.29, 0.717) is 0 Å². The fraction of sp³-hybridized carbons (Fsp3) is 0. The van der Waals surface area contributed by atoms with Gasteiger partial charge < -0.3 is 23.5 Å². The molecule has 9 aromatic carbocycles.